The minimum absolute atomic E-state index is 0.0373. The van der Waals surface area contributed by atoms with Crippen LogP contribution in [0, 0.1) is 6.92 Å². The molecule has 0 saturated carbocycles. The van der Waals surface area contributed by atoms with Crippen molar-refractivity contribution in [3.8, 4) is 0 Å². The zero-order valence-electron chi connectivity index (χ0n) is 18.3. The van der Waals surface area contributed by atoms with Gasteiger partial charge in [-0.25, -0.2) is 9.97 Å². The molecule has 1 atom stereocenters. The van der Waals surface area contributed by atoms with Crippen LogP contribution in [0.5, 0.6) is 0 Å². The number of benzene rings is 1. The molecule has 4 rings (SSSR count). The van der Waals surface area contributed by atoms with Gasteiger partial charge in [0.1, 0.15) is 12.4 Å². The Bertz CT molecular complexity index is 947. The largest absolute Gasteiger partial charge is 0.375 e. The fourth-order valence-electron chi connectivity index (χ4n) is 4.57. The zero-order valence-corrected chi connectivity index (χ0v) is 18.3. The molecule has 0 bridgehead atoms. The molecule has 164 valence electrons. The average Bonchev–Trinajstić information content (AvgIpc) is 3.10. The predicted octanol–water partition coefficient (Wildman–Crippen LogP) is 3.01. The van der Waals surface area contributed by atoms with Gasteiger partial charge in [0, 0.05) is 31.5 Å². The fraction of sp³-hybridized carbons (Fsp3) is 0.500. The summed E-state index contributed by atoms with van der Waals surface area (Å²) in [5, 5.41) is 0. The molecule has 1 saturated heterocycles. The van der Waals surface area contributed by atoms with E-state index < -0.39 is 0 Å². The number of hydrogen-bond donors (Lipinski definition) is 0. The number of rotatable bonds is 7. The standard InChI is InChI=1S/C24H30N4O3/c1-17-19-15-21(29)28(14-8-11-18-9-4-3-5-10-18)24(19)26-23(25-17)20-12-6-7-13-27(20)22(30)16-31-2/h3-5,9-10,20H,6-8,11-16H2,1-2H3. The summed E-state index contributed by atoms with van der Waals surface area (Å²) >= 11 is 0. The maximum atomic E-state index is 12.7. The minimum atomic E-state index is -0.165. The van der Waals surface area contributed by atoms with E-state index >= 15 is 0 Å². The van der Waals surface area contributed by atoms with Gasteiger partial charge in [-0.15, -0.1) is 0 Å². The van der Waals surface area contributed by atoms with Crippen molar-refractivity contribution in [1.82, 2.24) is 14.9 Å². The molecule has 0 radical (unpaired) electrons. The van der Waals surface area contributed by atoms with Crippen LogP contribution in [0.4, 0.5) is 5.82 Å². The highest BCUT2D eigenvalue weighted by molar-refractivity contribution is 6.00. The quantitative estimate of drug-likeness (QED) is 0.686. The number of carbonyl (C=O) groups excluding carboxylic acids is 2. The lowest BCUT2D eigenvalue weighted by molar-refractivity contribution is -0.139. The molecule has 1 fully saturated rings. The molecular weight excluding hydrogens is 392 g/mol. The first-order valence-corrected chi connectivity index (χ1v) is 11.1. The molecule has 0 spiro atoms. The van der Waals surface area contributed by atoms with E-state index in [4.69, 9.17) is 14.7 Å². The van der Waals surface area contributed by atoms with Crippen molar-refractivity contribution in [3.63, 3.8) is 0 Å². The number of anilines is 1. The SMILES string of the molecule is COCC(=O)N1CCCCC1c1nc(C)c2c(n1)N(CCCc1ccccc1)C(=O)C2. The van der Waals surface area contributed by atoms with Crippen LogP contribution in [0.15, 0.2) is 30.3 Å². The highest BCUT2D eigenvalue weighted by atomic mass is 16.5. The zero-order chi connectivity index (χ0) is 21.8. The lowest BCUT2D eigenvalue weighted by Crippen LogP contribution is -2.41. The van der Waals surface area contributed by atoms with Gasteiger partial charge in [0.15, 0.2) is 5.82 Å². The molecule has 2 aliphatic rings. The third kappa shape index (κ3) is 4.61. The van der Waals surface area contributed by atoms with E-state index in [1.165, 1.54) is 12.7 Å². The number of carbonyl (C=O) groups is 2. The number of likely N-dealkylation sites (tertiary alicyclic amines) is 1. The number of hydrogen-bond acceptors (Lipinski definition) is 5. The van der Waals surface area contributed by atoms with Gasteiger partial charge in [-0.05, 0) is 44.6 Å². The van der Waals surface area contributed by atoms with Crippen LogP contribution in [0.2, 0.25) is 0 Å². The van der Waals surface area contributed by atoms with Gasteiger partial charge < -0.3 is 9.64 Å². The molecule has 3 heterocycles. The average molecular weight is 423 g/mol. The summed E-state index contributed by atoms with van der Waals surface area (Å²) in [6, 6.07) is 10.1. The van der Waals surface area contributed by atoms with Gasteiger partial charge in [-0.3, -0.25) is 14.5 Å². The fourth-order valence-corrected chi connectivity index (χ4v) is 4.57. The molecule has 7 heteroatoms. The number of fused-ring (bicyclic) bond motifs is 1. The van der Waals surface area contributed by atoms with Crippen molar-refractivity contribution in [2.75, 3.05) is 31.7 Å². The molecule has 2 aliphatic heterocycles. The third-order valence-electron chi connectivity index (χ3n) is 6.17. The van der Waals surface area contributed by atoms with Crippen LogP contribution in [0.1, 0.15) is 54.4 Å². The van der Waals surface area contributed by atoms with Gasteiger partial charge in [-0.2, -0.15) is 0 Å². The molecular formula is C24H30N4O3. The Morgan fingerprint density at radius 2 is 2.00 bits per heavy atom. The van der Waals surface area contributed by atoms with Crippen LogP contribution in [-0.2, 0) is 27.2 Å². The van der Waals surface area contributed by atoms with Crippen molar-refractivity contribution in [1.29, 1.82) is 0 Å². The van der Waals surface area contributed by atoms with Crippen molar-refractivity contribution >= 4 is 17.6 Å². The van der Waals surface area contributed by atoms with E-state index in [0.29, 0.717) is 25.3 Å². The number of amides is 2. The number of ether oxygens (including phenoxy) is 1. The third-order valence-corrected chi connectivity index (χ3v) is 6.17. The monoisotopic (exact) mass is 422 g/mol. The van der Waals surface area contributed by atoms with E-state index in [1.54, 1.807) is 4.90 Å². The smallest absolute Gasteiger partial charge is 0.249 e. The molecule has 0 aliphatic carbocycles. The summed E-state index contributed by atoms with van der Waals surface area (Å²) in [6.45, 7) is 3.32. The van der Waals surface area contributed by atoms with E-state index in [1.807, 2.05) is 30.0 Å². The lowest BCUT2D eigenvalue weighted by atomic mass is 10.0. The van der Waals surface area contributed by atoms with Crippen LogP contribution < -0.4 is 4.90 Å². The van der Waals surface area contributed by atoms with Crippen LogP contribution in [0.3, 0.4) is 0 Å². The van der Waals surface area contributed by atoms with Gasteiger partial charge in [0.25, 0.3) is 0 Å². The topological polar surface area (TPSA) is 75.6 Å². The molecule has 1 unspecified atom stereocenters. The van der Waals surface area contributed by atoms with Gasteiger partial charge in [0.2, 0.25) is 11.8 Å². The summed E-state index contributed by atoms with van der Waals surface area (Å²) in [7, 11) is 1.53. The molecule has 1 aromatic heterocycles. The Kier molecular flexibility index (Phi) is 6.61. The van der Waals surface area contributed by atoms with E-state index in [0.717, 1.165) is 49.2 Å². The second-order valence-electron chi connectivity index (χ2n) is 8.31. The van der Waals surface area contributed by atoms with Crippen molar-refractivity contribution in [2.24, 2.45) is 0 Å². The Balaban J connectivity index is 1.55. The second-order valence-corrected chi connectivity index (χ2v) is 8.31. The number of piperidine rings is 1. The van der Waals surface area contributed by atoms with E-state index in [2.05, 4.69) is 12.1 Å². The summed E-state index contributed by atoms with van der Waals surface area (Å²) in [5.41, 5.74) is 3.02. The van der Waals surface area contributed by atoms with Gasteiger partial charge >= 0.3 is 0 Å². The summed E-state index contributed by atoms with van der Waals surface area (Å²) < 4.78 is 5.07. The van der Waals surface area contributed by atoms with Crippen LogP contribution in [-0.4, -0.2) is 53.5 Å². The highest BCUT2D eigenvalue weighted by Crippen LogP contribution is 2.34. The number of nitrogens with zero attached hydrogens (tertiary/aromatic N) is 4. The molecule has 0 N–H and O–H groups in total. The van der Waals surface area contributed by atoms with Gasteiger partial charge in [0.05, 0.1) is 12.5 Å². The summed E-state index contributed by atoms with van der Waals surface area (Å²) in [6.07, 6.45) is 4.97. The van der Waals surface area contributed by atoms with Crippen molar-refractivity contribution in [3.05, 3.63) is 53.0 Å². The molecule has 2 aromatic rings. The Hall–Kier alpha value is -2.80. The molecule has 31 heavy (non-hydrogen) atoms. The predicted molar refractivity (Wildman–Crippen MR) is 118 cm³/mol. The molecule has 2 amide bonds. The van der Waals surface area contributed by atoms with E-state index in [-0.39, 0.29) is 24.5 Å². The van der Waals surface area contributed by atoms with Crippen LogP contribution in [0.25, 0.3) is 0 Å². The molecule has 7 nitrogen and oxygen atoms in total. The van der Waals surface area contributed by atoms with Crippen LogP contribution >= 0.6 is 0 Å². The lowest BCUT2D eigenvalue weighted by Gasteiger charge is -2.35. The second kappa shape index (κ2) is 9.56. The highest BCUT2D eigenvalue weighted by Gasteiger charge is 2.35. The number of methoxy groups -OCH3 is 1. The maximum absolute atomic E-state index is 12.7. The number of aryl methyl sites for hydroxylation is 2. The normalized spacial score (nSPS) is 18.4. The van der Waals surface area contributed by atoms with Crippen molar-refractivity contribution in [2.45, 2.75) is 51.5 Å². The van der Waals surface area contributed by atoms with Crippen molar-refractivity contribution < 1.29 is 14.3 Å². The first-order valence-electron chi connectivity index (χ1n) is 11.1. The summed E-state index contributed by atoms with van der Waals surface area (Å²) in [4.78, 5) is 38.5. The first kappa shape index (κ1) is 21.4. The van der Waals surface area contributed by atoms with E-state index in [9.17, 15) is 9.59 Å². The summed E-state index contributed by atoms with van der Waals surface area (Å²) in [5.74, 6) is 1.41. The molecule has 1 aromatic carbocycles. The maximum Gasteiger partial charge on any atom is 0.249 e. The number of aromatic nitrogens is 2. The Morgan fingerprint density at radius 3 is 2.77 bits per heavy atom. The van der Waals surface area contributed by atoms with Gasteiger partial charge in [-0.1, -0.05) is 30.3 Å². The first-order chi connectivity index (χ1) is 15.1. The Labute approximate surface area is 183 Å². The minimum Gasteiger partial charge on any atom is -0.375 e. The Morgan fingerprint density at radius 1 is 1.19 bits per heavy atom.